The van der Waals surface area contributed by atoms with Gasteiger partial charge in [0.25, 0.3) is 5.95 Å². The van der Waals surface area contributed by atoms with E-state index >= 15 is 0 Å². The molecule has 1 aliphatic rings. The zero-order valence-corrected chi connectivity index (χ0v) is 20.1. The maximum absolute atomic E-state index is 12.8. The average Bonchev–Trinajstić information content (AvgIpc) is 3.23. The number of carbonyl (C=O) groups excluding carboxylic acids is 1. The van der Waals surface area contributed by atoms with Crippen molar-refractivity contribution in [1.29, 1.82) is 0 Å². The van der Waals surface area contributed by atoms with Crippen LogP contribution in [0, 0.1) is 26.2 Å². The Bertz CT molecular complexity index is 1490. The fourth-order valence-corrected chi connectivity index (χ4v) is 4.36. The molecular formula is C27H24N6O3. The number of rotatable bonds is 6. The van der Waals surface area contributed by atoms with Crippen molar-refractivity contribution in [1.82, 2.24) is 25.0 Å². The lowest BCUT2D eigenvalue weighted by molar-refractivity contribution is -0.116. The summed E-state index contributed by atoms with van der Waals surface area (Å²) in [6, 6.07) is 13.6. The van der Waals surface area contributed by atoms with E-state index in [1.54, 1.807) is 24.1 Å². The predicted octanol–water partition coefficient (Wildman–Crippen LogP) is 3.84. The van der Waals surface area contributed by atoms with Gasteiger partial charge in [0.05, 0.1) is 24.7 Å². The molecule has 1 amide bonds. The SMILES string of the molecule is C#CCOc1ccc([C@H]2CC(=O)Nc3c2c(C)nn3-c2nncc(-c3ccc(C)cc3)n2)cc1OC. The molecule has 36 heavy (non-hydrogen) atoms. The number of aryl methyl sites for hydroxylation is 2. The van der Waals surface area contributed by atoms with E-state index in [4.69, 9.17) is 15.9 Å². The minimum Gasteiger partial charge on any atom is -0.493 e. The molecule has 0 spiro atoms. The van der Waals surface area contributed by atoms with Gasteiger partial charge in [-0.15, -0.1) is 11.5 Å². The maximum atomic E-state index is 12.8. The number of amides is 1. The summed E-state index contributed by atoms with van der Waals surface area (Å²) in [4.78, 5) is 17.5. The van der Waals surface area contributed by atoms with Crippen LogP contribution in [0.5, 0.6) is 11.5 Å². The minimum absolute atomic E-state index is 0.132. The second-order valence-corrected chi connectivity index (χ2v) is 8.48. The molecule has 0 fully saturated rings. The lowest BCUT2D eigenvalue weighted by Crippen LogP contribution is -2.25. The summed E-state index contributed by atoms with van der Waals surface area (Å²) >= 11 is 0. The standard InChI is InChI=1S/C27H24N6O3/c1-5-12-36-22-11-10-19(13-23(22)35-4)20-14-24(34)30-26-25(20)17(3)32-33(26)27-29-21(15-28-31-27)18-8-6-16(2)7-9-18/h1,6-11,13,15,20H,12,14H2,2-4H3,(H,30,34)/t20-/m1/s1. The predicted molar refractivity (Wildman–Crippen MR) is 134 cm³/mol. The molecule has 0 saturated heterocycles. The minimum atomic E-state index is -0.244. The summed E-state index contributed by atoms with van der Waals surface area (Å²) in [5, 5.41) is 16.0. The van der Waals surface area contributed by atoms with E-state index < -0.39 is 0 Å². The molecule has 9 heteroatoms. The smallest absolute Gasteiger partial charge is 0.272 e. The van der Waals surface area contributed by atoms with Crippen molar-refractivity contribution in [3.63, 3.8) is 0 Å². The normalized spacial score (nSPS) is 14.5. The quantitative estimate of drug-likeness (QED) is 0.418. The van der Waals surface area contributed by atoms with Gasteiger partial charge in [0, 0.05) is 23.5 Å². The molecule has 9 nitrogen and oxygen atoms in total. The highest BCUT2D eigenvalue weighted by Crippen LogP contribution is 2.42. The largest absolute Gasteiger partial charge is 0.493 e. The fourth-order valence-electron chi connectivity index (χ4n) is 4.36. The van der Waals surface area contributed by atoms with Crippen LogP contribution in [0.25, 0.3) is 17.2 Å². The van der Waals surface area contributed by atoms with Crippen molar-refractivity contribution < 1.29 is 14.3 Å². The van der Waals surface area contributed by atoms with Crippen LogP contribution in [0.1, 0.15) is 34.7 Å². The number of methoxy groups -OCH3 is 1. The Morgan fingerprint density at radius 1 is 1.17 bits per heavy atom. The maximum Gasteiger partial charge on any atom is 0.272 e. The summed E-state index contributed by atoms with van der Waals surface area (Å²) in [5.41, 5.74) is 5.26. The fraction of sp³-hybridized carbons (Fsp3) is 0.222. The molecule has 0 aliphatic carbocycles. The van der Waals surface area contributed by atoms with E-state index in [1.807, 2.05) is 50.2 Å². The number of aromatic nitrogens is 5. The third-order valence-corrected chi connectivity index (χ3v) is 6.09. The van der Waals surface area contributed by atoms with Gasteiger partial charge in [0.1, 0.15) is 12.4 Å². The number of ether oxygens (including phenoxy) is 2. The Morgan fingerprint density at radius 3 is 2.72 bits per heavy atom. The molecule has 0 saturated carbocycles. The third kappa shape index (κ3) is 4.25. The van der Waals surface area contributed by atoms with Crippen molar-refractivity contribution in [3.05, 3.63) is 71.0 Å². The number of hydrogen-bond donors (Lipinski definition) is 1. The molecule has 1 aliphatic heterocycles. The second kappa shape index (κ2) is 9.50. The van der Waals surface area contributed by atoms with E-state index in [1.165, 1.54) is 0 Å². The third-order valence-electron chi connectivity index (χ3n) is 6.09. The summed E-state index contributed by atoms with van der Waals surface area (Å²) in [5.74, 6) is 3.95. The van der Waals surface area contributed by atoms with Crippen molar-refractivity contribution in [3.8, 4) is 41.0 Å². The molecule has 0 unspecified atom stereocenters. The number of nitrogens with one attached hydrogen (secondary N) is 1. The molecule has 3 heterocycles. The molecular weight excluding hydrogens is 456 g/mol. The van der Waals surface area contributed by atoms with Crippen LogP contribution < -0.4 is 14.8 Å². The first kappa shape index (κ1) is 23.1. The number of benzene rings is 2. The average molecular weight is 481 g/mol. The van der Waals surface area contributed by atoms with Gasteiger partial charge >= 0.3 is 0 Å². The molecule has 1 atom stereocenters. The Balaban J connectivity index is 1.56. The van der Waals surface area contributed by atoms with Gasteiger partial charge in [-0.05, 0) is 31.5 Å². The van der Waals surface area contributed by atoms with Gasteiger partial charge in [0.15, 0.2) is 11.5 Å². The zero-order valence-electron chi connectivity index (χ0n) is 20.1. The Morgan fingerprint density at radius 2 is 1.97 bits per heavy atom. The van der Waals surface area contributed by atoms with Crippen LogP contribution in [-0.2, 0) is 4.79 Å². The van der Waals surface area contributed by atoms with E-state index in [9.17, 15) is 4.79 Å². The highest BCUT2D eigenvalue weighted by molar-refractivity contribution is 5.95. The highest BCUT2D eigenvalue weighted by atomic mass is 16.5. The number of nitrogens with zero attached hydrogens (tertiary/aromatic N) is 5. The van der Waals surface area contributed by atoms with E-state index in [0.717, 1.165) is 27.9 Å². The van der Waals surface area contributed by atoms with Crippen LogP contribution in [0.2, 0.25) is 0 Å². The first-order valence-corrected chi connectivity index (χ1v) is 11.4. The van der Waals surface area contributed by atoms with Crippen LogP contribution in [0.15, 0.2) is 48.7 Å². The van der Waals surface area contributed by atoms with Gasteiger partial charge in [-0.3, -0.25) is 4.79 Å². The molecule has 4 aromatic rings. The van der Waals surface area contributed by atoms with Crippen molar-refractivity contribution in [2.45, 2.75) is 26.2 Å². The topological polar surface area (TPSA) is 104 Å². The number of hydrogen-bond acceptors (Lipinski definition) is 7. The number of anilines is 1. The van der Waals surface area contributed by atoms with Crippen molar-refractivity contribution >= 4 is 11.7 Å². The summed E-state index contributed by atoms with van der Waals surface area (Å²) in [6.07, 6.45) is 7.18. The molecule has 0 radical (unpaired) electrons. The van der Waals surface area contributed by atoms with Crippen molar-refractivity contribution in [2.24, 2.45) is 0 Å². The molecule has 180 valence electrons. The lowest BCUT2D eigenvalue weighted by Gasteiger charge is -2.24. The van der Waals surface area contributed by atoms with Crippen LogP contribution in [-0.4, -0.2) is 44.6 Å². The van der Waals surface area contributed by atoms with Crippen molar-refractivity contribution in [2.75, 3.05) is 19.0 Å². The summed E-state index contributed by atoms with van der Waals surface area (Å²) in [7, 11) is 1.56. The summed E-state index contributed by atoms with van der Waals surface area (Å²) < 4.78 is 12.6. The van der Waals surface area contributed by atoms with Gasteiger partial charge in [-0.25, -0.2) is 4.98 Å². The van der Waals surface area contributed by atoms with Gasteiger partial charge in [-0.1, -0.05) is 41.8 Å². The number of terminal acetylenes is 1. The Labute approximate surface area is 208 Å². The molecule has 0 bridgehead atoms. The molecule has 2 aromatic heterocycles. The summed E-state index contributed by atoms with van der Waals surface area (Å²) in [6.45, 7) is 4.06. The first-order chi connectivity index (χ1) is 17.5. The molecule has 5 rings (SSSR count). The second-order valence-electron chi connectivity index (χ2n) is 8.48. The lowest BCUT2D eigenvalue weighted by atomic mass is 9.85. The van der Waals surface area contributed by atoms with Gasteiger partial charge in [-0.2, -0.15) is 14.9 Å². The molecule has 2 aromatic carbocycles. The van der Waals surface area contributed by atoms with Gasteiger partial charge < -0.3 is 14.8 Å². The van der Waals surface area contributed by atoms with Crippen LogP contribution in [0.3, 0.4) is 0 Å². The molecule has 1 N–H and O–H groups in total. The Kier molecular flexibility index (Phi) is 6.09. The van der Waals surface area contributed by atoms with Crippen LogP contribution >= 0.6 is 0 Å². The monoisotopic (exact) mass is 480 g/mol. The number of carbonyl (C=O) groups is 1. The van der Waals surface area contributed by atoms with Crippen LogP contribution in [0.4, 0.5) is 5.82 Å². The van der Waals surface area contributed by atoms with E-state index in [0.29, 0.717) is 23.0 Å². The van der Waals surface area contributed by atoms with E-state index in [-0.39, 0.29) is 30.8 Å². The van der Waals surface area contributed by atoms with Gasteiger partial charge in [0.2, 0.25) is 5.91 Å². The zero-order chi connectivity index (χ0) is 25.2. The Hall–Kier alpha value is -4.71. The first-order valence-electron chi connectivity index (χ1n) is 11.4. The van der Waals surface area contributed by atoms with E-state index in [2.05, 4.69) is 31.5 Å². The highest BCUT2D eigenvalue weighted by Gasteiger charge is 2.33. The number of fused-ring (bicyclic) bond motifs is 1.